The van der Waals surface area contributed by atoms with Gasteiger partial charge in [-0.15, -0.1) is 11.3 Å². The van der Waals surface area contributed by atoms with Crippen LogP contribution in [-0.4, -0.2) is 25.1 Å². The van der Waals surface area contributed by atoms with Crippen molar-refractivity contribution in [1.82, 2.24) is 25.1 Å². The SMILES string of the molecule is Cc1noc(C)c1C(C)Nc1nc(-c2cnccn2)nc2sc3c(c12)CCCC3. The number of hydrogen-bond donors (Lipinski definition) is 1. The highest BCUT2D eigenvalue weighted by atomic mass is 32.1. The van der Waals surface area contributed by atoms with Crippen molar-refractivity contribution in [2.45, 2.75) is 52.5 Å². The average Bonchev–Trinajstić information content (AvgIpc) is 3.28. The molecule has 0 fully saturated rings. The molecule has 0 saturated carbocycles. The Balaban J connectivity index is 1.66. The molecule has 0 saturated heterocycles. The van der Waals surface area contributed by atoms with Crippen molar-refractivity contribution in [3.63, 3.8) is 0 Å². The molecule has 4 aromatic heterocycles. The summed E-state index contributed by atoms with van der Waals surface area (Å²) in [5, 5.41) is 8.87. The summed E-state index contributed by atoms with van der Waals surface area (Å²) in [5.41, 5.74) is 4.04. The highest BCUT2D eigenvalue weighted by molar-refractivity contribution is 7.19. The van der Waals surface area contributed by atoms with Gasteiger partial charge in [-0.2, -0.15) is 0 Å². The van der Waals surface area contributed by atoms with Crippen LogP contribution in [0.15, 0.2) is 23.1 Å². The van der Waals surface area contributed by atoms with Crippen LogP contribution in [0.1, 0.15) is 53.3 Å². The lowest BCUT2D eigenvalue weighted by Crippen LogP contribution is -2.11. The van der Waals surface area contributed by atoms with E-state index in [4.69, 9.17) is 14.5 Å². The van der Waals surface area contributed by atoms with Gasteiger partial charge in [0.1, 0.15) is 22.1 Å². The Labute approximate surface area is 172 Å². The molecular formula is C21H22N6OS. The standard InChI is InChI=1S/C21H22N6OS/c1-11(17-12(2)27-28-13(17)3)24-20-18-14-6-4-5-7-16(14)29-21(18)26-19(25-20)15-10-22-8-9-23-15/h8-11H,4-7H2,1-3H3,(H,24,25,26). The Morgan fingerprint density at radius 2 is 2.00 bits per heavy atom. The normalized spacial score (nSPS) is 14.7. The second kappa shape index (κ2) is 7.18. The van der Waals surface area contributed by atoms with Gasteiger partial charge in [0.05, 0.1) is 23.3 Å². The van der Waals surface area contributed by atoms with Crippen LogP contribution in [0.4, 0.5) is 5.82 Å². The number of hydrogen-bond acceptors (Lipinski definition) is 8. The maximum atomic E-state index is 5.37. The Morgan fingerprint density at radius 3 is 2.76 bits per heavy atom. The van der Waals surface area contributed by atoms with E-state index in [1.807, 2.05) is 13.8 Å². The molecule has 0 aromatic carbocycles. The first kappa shape index (κ1) is 18.2. The fourth-order valence-electron chi connectivity index (χ4n) is 4.18. The van der Waals surface area contributed by atoms with Gasteiger partial charge in [-0.3, -0.25) is 4.98 Å². The maximum absolute atomic E-state index is 5.37. The van der Waals surface area contributed by atoms with Crippen molar-refractivity contribution in [2.24, 2.45) is 0 Å². The van der Waals surface area contributed by atoms with E-state index in [1.165, 1.54) is 23.3 Å². The molecule has 4 aromatic rings. The van der Waals surface area contributed by atoms with Gasteiger partial charge in [-0.1, -0.05) is 5.16 Å². The van der Waals surface area contributed by atoms with Crippen LogP contribution in [0.25, 0.3) is 21.7 Å². The van der Waals surface area contributed by atoms with E-state index < -0.39 is 0 Å². The zero-order valence-corrected chi connectivity index (χ0v) is 17.5. The van der Waals surface area contributed by atoms with E-state index in [9.17, 15) is 0 Å². The molecule has 1 atom stereocenters. The van der Waals surface area contributed by atoms with Gasteiger partial charge in [0.25, 0.3) is 0 Å². The molecule has 0 bridgehead atoms. The van der Waals surface area contributed by atoms with Crippen LogP contribution in [-0.2, 0) is 12.8 Å². The van der Waals surface area contributed by atoms with Gasteiger partial charge < -0.3 is 9.84 Å². The van der Waals surface area contributed by atoms with Crippen molar-refractivity contribution in [3.05, 3.63) is 46.0 Å². The number of nitrogens with zero attached hydrogens (tertiary/aromatic N) is 5. The summed E-state index contributed by atoms with van der Waals surface area (Å²) in [6.45, 7) is 6.03. The van der Waals surface area contributed by atoms with Crippen molar-refractivity contribution >= 4 is 27.4 Å². The third-order valence-corrected chi connectivity index (χ3v) is 6.67. The van der Waals surface area contributed by atoms with Crippen LogP contribution in [0, 0.1) is 13.8 Å². The second-order valence-electron chi connectivity index (χ2n) is 7.48. The molecule has 29 heavy (non-hydrogen) atoms. The number of aromatic nitrogens is 5. The molecule has 1 N–H and O–H groups in total. The molecule has 1 unspecified atom stereocenters. The highest BCUT2D eigenvalue weighted by Gasteiger charge is 2.24. The Morgan fingerprint density at radius 1 is 1.14 bits per heavy atom. The number of rotatable bonds is 4. The largest absolute Gasteiger partial charge is 0.363 e. The lowest BCUT2D eigenvalue weighted by Gasteiger charge is -2.17. The van der Waals surface area contributed by atoms with Crippen LogP contribution < -0.4 is 5.32 Å². The molecule has 4 heterocycles. The molecule has 0 radical (unpaired) electrons. The van der Waals surface area contributed by atoms with Crippen molar-refractivity contribution in [3.8, 4) is 11.5 Å². The molecule has 0 aliphatic heterocycles. The van der Waals surface area contributed by atoms with E-state index in [0.717, 1.165) is 45.9 Å². The van der Waals surface area contributed by atoms with Crippen LogP contribution in [0.2, 0.25) is 0 Å². The molecule has 1 aliphatic carbocycles. The fraction of sp³-hybridized carbons (Fsp3) is 0.381. The minimum absolute atomic E-state index is 0.00759. The first-order valence-corrected chi connectivity index (χ1v) is 10.7. The number of anilines is 1. The summed E-state index contributed by atoms with van der Waals surface area (Å²) in [5.74, 6) is 2.27. The van der Waals surface area contributed by atoms with Crippen molar-refractivity contribution < 1.29 is 4.52 Å². The van der Waals surface area contributed by atoms with Gasteiger partial charge >= 0.3 is 0 Å². The Kier molecular flexibility index (Phi) is 4.50. The lowest BCUT2D eigenvalue weighted by molar-refractivity contribution is 0.392. The molecular weight excluding hydrogens is 384 g/mol. The topological polar surface area (TPSA) is 89.6 Å². The number of fused-ring (bicyclic) bond motifs is 3. The van der Waals surface area contributed by atoms with Gasteiger partial charge in [-0.05, 0) is 52.0 Å². The predicted octanol–water partition coefficient (Wildman–Crippen LogP) is 4.81. The van der Waals surface area contributed by atoms with Gasteiger partial charge in [0.2, 0.25) is 0 Å². The van der Waals surface area contributed by atoms with E-state index in [0.29, 0.717) is 11.5 Å². The van der Waals surface area contributed by atoms with E-state index in [-0.39, 0.29) is 6.04 Å². The number of nitrogens with one attached hydrogen (secondary N) is 1. The molecule has 148 valence electrons. The van der Waals surface area contributed by atoms with Crippen LogP contribution in [0.5, 0.6) is 0 Å². The summed E-state index contributed by atoms with van der Waals surface area (Å²) in [7, 11) is 0. The maximum Gasteiger partial charge on any atom is 0.183 e. The zero-order chi connectivity index (χ0) is 20.0. The summed E-state index contributed by atoms with van der Waals surface area (Å²) in [6, 6.07) is 0.00759. The average molecular weight is 407 g/mol. The second-order valence-corrected chi connectivity index (χ2v) is 8.57. The van der Waals surface area contributed by atoms with Crippen molar-refractivity contribution in [2.75, 3.05) is 5.32 Å². The molecule has 1 aliphatic rings. The van der Waals surface area contributed by atoms with E-state index in [2.05, 4.69) is 27.4 Å². The predicted molar refractivity (Wildman–Crippen MR) is 113 cm³/mol. The first-order valence-electron chi connectivity index (χ1n) is 9.89. The zero-order valence-electron chi connectivity index (χ0n) is 16.7. The van der Waals surface area contributed by atoms with Gasteiger partial charge in [0, 0.05) is 22.8 Å². The molecule has 5 rings (SSSR count). The van der Waals surface area contributed by atoms with E-state index in [1.54, 1.807) is 29.9 Å². The van der Waals surface area contributed by atoms with Crippen molar-refractivity contribution in [1.29, 1.82) is 0 Å². The highest BCUT2D eigenvalue weighted by Crippen LogP contribution is 2.40. The third kappa shape index (κ3) is 3.17. The summed E-state index contributed by atoms with van der Waals surface area (Å²) >= 11 is 1.78. The van der Waals surface area contributed by atoms with Gasteiger partial charge in [-0.25, -0.2) is 15.0 Å². The Hall–Kier alpha value is -2.87. The molecule has 0 spiro atoms. The minimum Gasteiger partial charge on any atom is -0.363 e. The monoisotopic (exact) mass is 406 g/mol. The van der Waals surface area contributed by atoms with E-state index >= 15 is 0 Å². The lowest BCUT2D eigenvalue weighted by atomic mass is 9.97. The number of aryl methyl sites for hydroxylation is 4. The number of thiophene rings is 1. The smallest absolute Gasteiger partial charge is 0.183 e. The Bertz CT molecular complexity index is 1160. The molecule has 8 heteroatoms. The van der Waals surface area contributed by atoms with Gasteiger partial charge in [0.15, 0.2) is 5.82 Å². The summed E-state index contributed by atoms with van der Waals surface area (Å²) in [6.07, 6.45) is 9.68. The fourth-order valence-corrected chi connectivity index (χ4v) is 5.44. The third-order valence-electron chi connectivity index (χ3n) is 5.48. The van der Waals surface area contributed by atoms with Crippen LogP contribution in [0.3, 0.4) is 0 Å². The summed E-state index contributed by atoms with van der Waals surface area (Å²) in [4.78, 5) is 20.8. The molecule has 7 nitrogen and oxygen atoms in total. The quantitative estimate of drug-likeness (QED) is 0.520. The minimum atomic E-state index is 0.00759. The summed E-state index contributed by atoms with van der Waals surface area (Å²) < 4.78 is 5.37. The first-order chi connectivity index (χ1) is 14.1. The molecule has 0 amide bonds. The van der Waals surface area contributed by atoms with Crippen LogP contribution >= 0.6 is 11.3 Å².